The smallest absolute Gasteiger partial charge is 0.123 e. The average Bonchev–Trinajstić information content (AvgIpc) is 2.33. The van der Waals surface area contributed by atoms with Crippen LogP contribution < -0.4 is 5.32 Å². The van der Waals surface area contributed by atoms with Gasteiger partial charge in [0.2, 0.25) is 0 Å². The molecule has 1 aliphatic carbocycles. The summed E-state index contributed by atoms with van der Waals surface area (Å²) in [5, 5.41) is 3.50. The molecule has 2 rings (SSSR count). The molecule has 1 aromatic rings. The van der Waals surface area contributed by atoms with Gasteiger partial charge in [-0.2, -0.15) is 0 Å². The van der Waals surface area contributed by atoms with Crippen molar-refractivity contribution in [2.45, 2.75) is 45.6 Å². The van der Waals surface area contributed by atoms with Crippen LogP contribution in [0.15, 0.2) is 24.3 Å². The van der Waals surface area contributed by atoms with Crippen LogP contribution >= 0.6 is 0 Å². The van der Waals surface area contributed by atoms with Crippen molar-refractivity contribution >= 4 is 5.69 Å². The van der Waals surface area contributed by atoms with Gasteiger partial charge in [-0.3, -0.25) is 0 Å². The van der Waals surface area contributed by atoms with Crippen molar-refractivity contribution in [2.75, 3.05) is 5.32 Å². The first-order chi connectivity index (χ1) is 8.15. The first kappa shape index (κ1) is 12.4. The zero-order valence-corrected chi connectivity index (χ0v) is 10.7. The van der Waals surface area contributed by atoms with Crippen molar-refractivity contribution in [3.8, 4) is 0 Å². The Morgan fingerprint density at radius 1 is 1.06 bits per heavy atom. The molecule has 0 atom stereocenters. The molecule has 0 aromatic heterocycles. The minimum atomic E-state index is -0.168. The highest BCUT2D eigenvalue weighted by Gasteiger charge is 2.22. The second-order valence-electron chi connectivity index (χ2n) is 5.51. The number of rotatable bonds is 3. The Kier molecular flexibility index (Phi) is 4.03. The molecule has 0 bridgehead atoms. The number of hydrogen-bond donors (Lipinski definition) is 1. The van der Waals surface area contributed by atoms with Gasteiger partial charge in [0.25, 0.3) is 0 Å². The molecule has 0 radical (unpaired) electrons. The topological polar surface area (TPSA) is 12.0 Å². The van der Waals surface area contributed by atoms with Crippen LogP contribution in [0.3, 0.4) is 0 Å². The Balaban J connectivity index is 1.84. The summed E-state index contributed by atoms with van der Waals surface area (Å²) in [4.78, 5) is 0. The van der Waals surface area contributed by atoms with E-state index in [-0.39, 0.29) is 5.82 Å². The zero-order chi connectivity index (χ0) is 12.3. The molecule has 1 nitrogen and oxygen atoms in total. The van der Waals surface area contributed by atoms with Crippen LogP contribution in [0, 0.1) is 17.7 Å². The highest BCUT2D eigenvalue weighted by atomic mass is 19.1. The second-order valence-corrected chi connectivity index (χ2v) is 5.51. The molecular weight excluding hydrogens is 213 g/mol. The quantitative estimate of drug-likeness (QED) is 0.816. The van der Waals surface area contributed by atoms with Crippen molar-refractivity contribution in [2.24, 2.45) is 11.8 Å². The van der Waals surface area contributed by atoms with Crippen molar-refractivity contribution in [3.63, 3.8) is 0 Å². The molecule has 0 spiro atoms. The van der Waals surface area contributed by atoms with Gasteiger partial charge in [0.05, 0.1) is 0 Å². The lowest BCUT2D eigenvalue weighted by Gasteiger charge is -2.31. The Bertz CT molecular complexity index is 336. The van der Waals surface area contributed by atoms with Gasteiger partial charge in [-0.25, -0.2) is 4.39 Å². The van der Waals surface area contributed by atoms with E-state index in [1.165, 1.54) is 37.8 Å². The van der Waals surface area contributed by atoms with E-state index in [1.807, 2.05) is 12.1 Å². The van der Waals surface area contributed by atoms with Crippen molar-refractivity contribution in [3.05, 3.63) is 30.1 Å². The van der Waals surface area contributed by atoms with E-state index in [1.54, 1.807) is 0 Å². The second kappa shape index (κ2) is 5.52. The maximum absolute atomic E-state index is 12.8. The Morgan fingerprint density at radius 2 is 1.65 bits per heavy atom. The van der Waals surface area contributed by atoms with Crippen LogP contribution in [0.25, 0.3) is 0 Å². The fourth-order valence-electron chi connectivity index (χ4n) is 2.71. The van der Waals surface area contributed by atoms with Crippen molar-refractivity contribution in [1.82, 2.24) is 0 Å². The molecule has 1 aromatic carbocycles. The average molecular weight is 235 g/mol. The molecule has 0 saturated heterocycles. The SMILES string of the molecule is CC(C)C1CCC(Nc2ccc(F)cc2)CC1. The predicted molar refractivity (Wildman–Crippen MR) is 70.6 cm³/mol. The van der Waals surface area contributed by atoms with E-state index in [4.69, 9.17) is 0 Å². The molecule has 2 heteroatoms. The van der Waals surface area contributed by atoms with Crippen molar-refractivity contribution < 1.29 is 4.39 Å². The number of benzene rings is 1. The maximum Gasteiger partial charge on any atom is 0.123 e. The molecular formula is C15H22FN. The largest absolute Gasteiger partial charge is 0.382 e. The molecule has 1 aliphatic rings. The lowest BCUT2D eigenvalue weighted by Crippen LogP contribution is -2.27. The lowest BCUT2D eigenvalue weighted by atomic mass is 9.79. The standard InChI is InChI=1S/C15H22FN/c1-11(2)12-3-7-14(8-4-12)17-15-9-5-13(16)6-10-15/h5-6,9-12,14,17H,3-4,7-8H2,1-2H3. The Morgan fingerprint density at radius 3 is 2.18 bits per heavy atom. The molecule has 0 amide bonds. The minimum absolute atomic E-state index is 0.168. The monoisotopic (exact) mass is 235 g/mol. The minimum Gasteiger partial charge on any atom is -0.382 e. The van der Waals surface area contributed by atoms with Gasteiger partial charge in [-0.1, -0.05) is 13.8 Å². The summed E-state index contributed by atoms with van der Waals surface area (Å²) in [5.74, 6) is 1.53. The molecule has 1 N–H and O–H groups in total. The third-order valence-electron chi connectivity index (χ3n) is 3.93. The molecule has 0 aliphatic heterocycles. The van der Waals surface area contributed by atoms with Gasteiger partial charge >= 0.3 is 0 Å². The van der Waals surface area contributed by atoms with E-state index >= 15 is 0 Å². The summed E-state index contributed by atoms with van der Waals surface area (Å²) in [5.41, 5.74) is 1.04. The number of hydrogen-bond acceptors (Lipinski definition) is 1. The van der Waals surface area contributed by atoms with Gasteiger partial charge in [0.1, 0.15) is 5.82 Å². The number of halogens is 1. The third kappa shape index (κ3) is 3.45. The molecule has 17 heavy (non-hydrogen) atoms. The van der Waals surface area contributed by atoms with Crippen LogP contribution in [0.4, 0.5) is 10.1 Å². The summed E-state index contributed by atoms with van der Waals surface area (Å²) < 4.78 is 12.8. The van der Waals surface area contributed by atoms with E-state index in [0.717, 1.165) is 17.5 Å². The molecule has 1 saturated carbocycles. The number of anilines is 1. The highest BCUT2D eigenvalue weighted by Crippen LogP contribution is 2.31. The molecule has 0 unspecified atom stereocenters. The van der Waals surface area contributed by atoms with Gasteiger partial charge < -0.3 is 5.32 Å². The van der Waals surface area contributed by atoms with Gasteiger partial charge in [0.15, 0.2) is 0 Å². The fraction of sp³-hybridized carbons (Fsp3) is 0.600. The fourth-order valence-corrected chi connectivity index (χ4v) is 2.71. The summed E-state index contributed by atoms with van der Waals surface area (Å²) in [6.45, 7) is 4.64. The van der Waals surface area contributed by atoms with Gasteiger partial charge in [-0.15, -0.1) is 0 Å². The van der Waals surface area contributed by atoms with E-state index < -0.39 is 0 Å². The van der Waals surface area contributed by atoms with Gasteiger partial charge in [0, 0.05) is 11.7 Å². The van der Waals surface area contributed by atoms with Gasteiger partial charge in [-0.05, 0) is 61.8 Å². The molecule has 1 fully saturated rings. The molecule has 0 heterocycles. The van der Waals surface area contributed by atoms with Crippen LogP contribution in [-0.4, -0.2) is 6.04 Å². The molecule has 94 valence electrons. The zero-order valence-electron chi connectivity index (χ0n) is 10.7. The third-order valence-corrected chi connectivity index (χ3v) is 3.93. The van der Waals surface area contributed by atoms with Crippen molar-refractivity contribution in [1.29, 1.82) is 0 Å². The van der Waals surface area contributed by atoms with Crippen LogP contribution in [0.1, 0.15) is 39.5 Å². The van der Waals surface area contributed by atoms with Crippen LogP contribution in [-0.2, 0) is 0 Å². The Labute approximate surface area is 103 Å². The van der Waals surface area contributed by atoms with E-state index in [0.29, 0.717) is 6.04 Å². The normalized spacial score (nSPS) is 24.9. The summed E-state index contributed by atoms with van der Waals surface area (Å²) >= 11 is 0. The van der Waals surface area contributed by atoms with Crippen LogP contribution in [0.5, 0.6) is 0 Å². The van der Waals surface area contributed by atoms with E-state index in [9.17, 15) is 4.39 Å². The summed E-state index contributed by atoms with van der Waals surface area (Å²) in [7, 11) is 0. The number of nitrogens with one attached hydrogen (secondary N) is 1. The Hall–Kier alpha value is -1.05. The summed E-state index contributed by atoms with van der Waals surface area (Å²) in [6.07, 6.45) is 5.10. The first-order valence-electron chi connectivity index (χ1n) is 6.67. The van der Waals surface area contributed by atoms with Crippen LogP contribution in [0.2, 0.25) is 0 Å². The highest BCUT2D eigenvalue weighted by molar-refractivity contribution is 5.43. The lowest BCUT2D eigenvalue weighted by molar-refractivity contribution is 0.267. The first-order valence-corrected chi connectivity index (χ1v) is 6.67. The van der Waals surface area contributed by atoms with E-state index in [2.05, 4.69) is 19.2 Å². The predicted octanol–water partition coefficient (Wildman–Crippen LogP) is 4.45. The summed E-state index contributed by atoms with van der Waals surface area (Å²) in [6, 6.07) is 7.24. The maximum atomic E-state index is 12.8.